The van der Waals surface area contributed by atoms with Crippen LogP contribution in [-0.2, 0) is 11.3 Å². The van der Waals surface area contributed by atoms with E-state index < -0.39 is 5.60 Å². The summed E-state index contributed by atoms with van der Waals surface area (Å²) < 4.78 is 14.9. The molecule has 0 aliphatic carbocycles. The molecule has 1 aromatic heterocycles. The molecular weight excluding hydrogens is 323 g/mol. The van der Waals surface area contributed by atoms with E-state index in [0.717, 1.165) is 0 Å². The molecule has 1 aromatic carbocycles. The average Bonchev–Trinajstić information content (AvgIpc) is 3.07. The summed E-state index contributed by atoms with van der Waals surface area (Å²) in [5.74, 6) is -0.517. The predicted octanol–water partition coefficient (Wildman–Crippen LogP) is 1.87. The number of aliphatic hydroxyl groups is 1. The number of nitrogens with zero attached hydrogens (tertiary/aromatic N) is 4. The number of piperidine rings is 1. The number of hydrogen-bond acceptors (Lipinski definition) is 4. The van der Waals surface area contributed by atoms with E-state index in [4.69, 9.17) is 0 Å². The van der Waals surface area contributed by atoms with E-state index in [-0.39, 0.29) is 18.3 Å². The Morgan fingerprint density at radius 1 is 1.48 bits per heavy atom. The number of carbonyl (C=O) groups is 1. The maximum absolute atomic E-state index is 13.3. The van der Waals surface area contributed by atoms with Crippen LogP contribution in [0.2, 0.25) is 0 Å². The van der Waals surface area contributed by atoms with E-state index in [1.54, 1.807) is 41.0 Å². The van der Waals surface area contributed by atoms with Crippen LogP contribution < -0.4 is 0 Å². The zero-order valence-corrected chi connectivity index (χ0v) is 14.1. The Labute approximate surface area is 145 Å². The number of amides is 1. The minimum atomic E-state index is -1.03. The second-order valence-corrected chi connectivity index (χ2v) is 6.53. The number of likely N-dealkylation sites (tertiary alicyclic amines) is 1. The summed E-state index contributed by atoms with van der Waals surface area (Å²) in [6.45, 7) is 2.89. The molecule has 0 saturated carbocycles. The Morgan fingerprint density at radius 2 is 2.32 bits per heavy atom. The Balaban J connectivity index is 1.70. The van der Waals surface area contributed by atoms with E-state index in [0.29, 0.717) is 37.1 Å². The Bertz CT molecular complexity index is 775. The van der Waals surface area contributed by atoms with E-state index in [2.05, 4.69) is 10.3 Å². The fourth-order valence-corrected chi connectivity index (χ4v) is 3.14. The van der Waals surface area contributed by atoms with Crippen LogP contribution in [0, 0.1) is 5.82 Å². The van der Waals surface area contributed by atoms with Crippen LogP contribution in [0.15, 0.2) is 42.7 Å². The van der Waals surface area contributed by atoms with Crippen molar-refractivity contribution in [3.05, 3.63) is 54.1 Å². The molecule has 0 spiro atoms. The van der Waals surface area contributed by atoms with Crippen molar-refractivity contribution >= 4 is 11.5 Å². The van der Waals surface area contributed by atoms with Crippen molar-refractivity contribution in [2.45, 2.75) is 31.9 Å². The number of aromatic nitrogens is 3. The van der Waals surface area contributed by atoms with Gasteiger partial charge in [-0.25, -0.2) is 9.07 Å². The molecule has 1 saturated heterocycles. The molecule has 3 rings (SSSR count). The highest BCUT2D eigenvalue weighted by Crippen LogP contribution is 2.24. The monoisotopic (exact) mass is 344 g/mol. The molecule has 1 unspecified atom stereocenters. The predicted molar refractivity (Wildman–Crippen MR) is 90.8 cm³/mol. The highest BCUT2D eigenvalue weighted by atomic mass is 19.1. The number of hydrogen-bond donors (Lipinski definition) is 1. The van der Waals surface area contributed by atoms with Gasteiger partial charge in [0.1, 0.15) is 11.4 Å². The average molecular weight is 344 g/mol. The molecule has 0 radical (unpaired) electrons. The molecule has 2 heterocycles. The van der Waals surface area contributed by atoms with Gasteiger partial charge in [-0.2, -0.15) is 0 Å². The van der Waals surface area contributed by atoms with E-state index in [9.17, 15) is 14.3 Å². The maximum atomic E-state index is 13.3. The standard InChI is InChI=1S/C18H21FN4O2/c1-14(15-4-2-5-16(19)11-15)10-17(24)22-8-3-6-18(25,12-22)13-23-9-7-20-21-23/h2,4-5,7,9-11,25H,3,6,8,12-13H2,1H3/b14-10+. The molecule has 1 amide bonds. The highest BCUT2D eigenvalue weighted by molar-refractivity contribution is 5.95. The lowest BCUT2D eigenvalue weighted by molar-refractivity contribution is -0.134. The molecule has 1 aliphatic rings. The van der Waals surface area contributed by atoms with Crippen molar-refractivity contribution in [1.82, 2.24) is 19.9 Å². The SMILES string of the molecule is C/C(=C\C(=O)N1CCCC(O)(Cn2ccnn2)C1)c1cccc(F)c1. The third-order valence-corrected chi connectivity index (χ3v) is 4.42. The van der Waals surface area contributed by atoms with Gasteiger partial charge in [0.15, 0.2) is 0 Å². The summed E-state index contributed by atoms with van der Waals surface area (Å²) >= 11 is 0. The third kappa shape index (κ3) is 4.30. The van der Waals surface area contributed by atoms with Crippen molar-refractivity contribution in [1.29, 1.82) is 0 Å². The highest BCUT2D eigenvalue weighted by Gasteiger charge is 2.35. The molecule has 132 valence electrons. The van der Waals surface area contributed by atoms with Crippen LogP contribution in [0.25, 0.3) is 5.57 Å². The zero-order valence-electron chi connectivity index (χ0n) is 14.1. The van der Waals surface area contributed by atoms with Gasteiger partial charge in [0.2, 0.25) is 5.91 Å². The van der Waals surface area contributed by atoms with E-state index in [1.165, 1.54) is 18.2 Å². The van der Waals surface area contributed by atoms with Gasteiger partial charge >= 0.3 is 0 Å². The smallest absolute Gasteiger partial charge is 0.246 e. The van der Waals surface area contributed by atoms with Gasteiger partial charge in [0.25, 0.3) is 0 Å². The molecule has 2 aromatic rings. The maximum Gasteiger partial charge on any atom is 0.246 e. The molecule has 1 atom stereocenters. The van der Waals surface area contributed by atoms with Crippen molar-refractivity contribution < 1.29 is 14.3 Å². The fourth-order valence-electron chi connectivity index (χ4n) is 3.14. The van der Waals surface area contributed by atoms with Crippen LogP contribution in [0.5, 0.6) is 0 Å². The number of benzene rings is 1. The van der Waals surface area contributed by atoms with Crippen molar-refractivity contribution in [2.75, 3.05) is 13.1 Å². The van der Waals surface area contributed by atoms with Gasteiger partial charge in [-0.1, -0.05) is 17.3 Å². The minimum Gasteiger partial charge on any atom is -0.386 e. The summed E-state index contributed by atoms with van der Waals surface area (Å²) in [6.07, 6.45) is 6.05. The lowest BCUT2D eigenvalue weighted by atomic mass is 9.92. The quantitative estimate of drug-likeness (QED) is 0.860. The minimum absolute atomic E-state index is 0.182. The summed E-state index contributed by atoms with van der Waals surface area (Å²) in [6, 6.07) is 6.15. The Kier molecular flexibility index (Phi) is 4.94. The molecule has 1 aliphatic heterocycles. The Hall–Kier alpha value is -2.54. The topological polar surface area (TPSA) is 71.2 Å². The molecule has 1 N–H and O–H groups in total. The van der Waals surface area contributed by atoms with Crippen molar-refractivity contribution in [2.24, 2.45) is 0 Å². The van der Waals surface area contributed by atoms with Gasteiger partial charge in [0, 0.05) is 18.8 Å². The molecule has 7 heteroatoms. The summed E-state index contributed by atoms with van der Waals surface area (Å²) in [5, 5.41) is 18.4. The number of carbonyl (C=O) groups excluding carboxylic acids is 1. The first-order chi connectivity index (χ1) is 12.0. The van der Waals surface area contributed by atoms with Crippen LogP contribution in [0.3, 0.4) is 0 Å². The van der Waals surface area contributed by atoms with E-state index in [1.807, 2.05) is 0 Å². The number of halogens is 1. The number of allylic oxidation sites excluding steroid dienone is 1. The molecular formula is C18H21FN4O2. The first-order valence-corrected chi connectivity index (χ1v) is 8.25. The molecule has 1 fully saturated rings. The van der Waals surface area contributed by atoms with Gasteiger partial charge in [0.05, 0.1) is 19.3 Å². The van der Waals surface area contributed by atoms with Crippen LogP contribution in [-0.4, -0.2) is 49.6 Å². The number of rotatable bonds is 4. The molecule has 6 nitrogen and oxygen atoms in total. The summed E-state index contributed by atoms with van der Waals surface area (Å²) in [4.78, 5) is 14.2. The second kappa shape index (κ2) is 7.14. The fraction of sp³-hybridized carbons (Fsp3) is 0.389. The van der Waals surface area contributed by atoms with Crippen molar-refractivity contribution in [3.63, 3.8) is 0 Å². The summed E-state index contributed by atoms with van der Waals surface area (Å²) in [7, 11) is 0. The van der Waals surface area contributed by atoms with Crippen LogP contribution >= 0.6 is 0 Å². The lowest BCUT2D eigenvalue weighted by Crippen LogP contribution is -2.52. The zero-order chi connectivity index (χ0) is 17.9. The Morgan fingerprint density at radius 3 is 3.04 bits per heavy atom. The lowest BCUT2D eigenvalue weighted by Gasteiger charge is -2.38. The van der Waals surface area contributed by atoms with Gasteiger partial charge in [-0.05, 0) is 43.0 Å². The number of β-amino-alcohol motifs (C(OH)–C–C–N with tert-alkyl or cyclic N) is 1. The second-order valence-electron chi connectivity index (χ2n) is 6.53. The van der Waals surface area contributed by atoms with Gasteiger partial charge in [-0.15, -0.1) is 5.10 Å². The molecule has 25 heavy (non-hydrogen) atoms. The van der Waals surface area contributed by atoms with E-state index >= 15 is 0 Å². The third-order valence-electron chi connectivity index (χ3n) is 4.42. The largest absolute Gasteiger partial charge is 0.386 e. The van der Waals surface area contributed by atoms with Crippen LogP contribution in [0.4, 0.5) is 4.39 Å². The molecule has 0 bridgehead atoms. The first-order valence-electron chi connectivity index (χ1n) is 8.25. The van der Waals surface area contributed by atoms with Crippen LogP contribution in [0.1, 0.15) is 25.3 Å². The van der Waals surface area contributed by atoms with Gasteiger partial charge < -0.3 is 10.0 Å². The normalized spacial score (nSPS) is 21.4. The van der Waals surface area contributed by atoms with Gasteiger partial charge in [-0.3, -0.25) is 4.79 Å². The summed E-state index contributed by atoms with van der Waals surface area (Å²) in [5.41, 5.74) is 0.334. The first kappa shape index (κ1) is 17.3. The van der Waals surface area contributed by atoms with Crippen molar-refractivity contribution in [3.8, 4) is 0 Å².